The van der Waals surface area contributed by atoms with Crippen LogP contribution in [0.3, 0.4) is 0 Å². The van der Waals surface area contributed by atoms with Gasteiger partial charge in [-0.15, -0.1) is 0 Å². The van der Waals surface area contributed by atoms with Gasteiger partial charge in [0.25, 0.3) is 0 Å². The van der Waals surface area contributed by atoms with E-state index in [0.29, 0.717) is 0 Å². The van der Waals surface area contributed by atoms with Gasteiger partial charge in [-0.3, -0.25) is 38.4 Å². The number of esters is 8. The van der Waals surface area contributed by atoms with Crippen LogP contribution < -0.4 is 0 Å². The van der Waals surface area contributed by atoms with Gasteiger partial charge in [-0.05, 0) is 0 Å². The first kappa shape index (κ1) is 38.8. The lowest BCUT2D eigenvalue weighted by Gasteiger charge is -2.48. The van der Waals surface area contributed by atoms with Crippen LogP contribution in [0, 0.1) is 0 Å². The first-order valence-corrected chi connectivity index (χ1v) is 14.2. The molecule has 47 heavy (non-hydrogen) atoms. The Morgan fingerprint density at radius 2 is 0.702 bits per heavy atom. The molecule has 0 saturated carbocycles. The second-order valence-electron chi connectivity index (χ2n) is 10.3. The molecule has 0 radical (unpaired) electrons. The third kappa shape index (κ3) is 12.1. The number of carbonyl (C=O) groups is 8. The van der Waals surface area contributed by atoms with E-state index >= 15 is 0 Å². The third-order valence-electron chi connectivity index (χ3n) is 6.17. The van der Waals surface area contributed by atoms with Crippen molar-refractivity contribution in [1.82, 2.24) is 0 Å². The third-order valence-corrected chi connectivity index (χ3v) is 6.17. The molecule has 19 nitrogen and oxygen atoms in total. The monoisotopic (exact) mass is 678 g/mol. The average molecular weight is 679 g/mol. The van der Waals surface area contributed by atoms with E-state index < -0.39 is 122 Å². The SMILES string of the molecule is CC(=O)OC[C@@H]1O[C@@H](O[C@H]2[C@@H](OC(C)=O)[C@@H](OC(C)=O)[C@@H](OC(C)=O)O[C@@H]2COC(C)=O)[C@H](OC(C)=O)[C@H](OC(C)=O)[C@@H]1OC(C)=O. The highest BCUT2D eigenvalue weighted by Gasteiger charge is 2.58. The molecule has 10 atom stereocenters. The molecule has 2 fully saturated rings. The van der Waals surface area contributed by atoms with Crippen LogP contribution in [0.5, 0.6) is 0 Å². The van der Waals surface area contributed by atoms with Gasteiger partial charge in [-0.1, -0.05) is 0 Å². The largest absolute Gasteiger partial charge is 0.463 e. The van der Waals surface area contributed by atoms with Crippen molar-refractivity contribution in [3.05, 3.63) is 0 Å². The summed E-state index contributed by atoms with van der Waals surface area (Å²) in [6, 6.07) is 0. The molecule has 2 aliphatic rings. The Labute approximate surface area is 268 Å². The normalized spacial score (nSPS) is 30.0. The maximum absolute atomic E-state index is 12.3. The van der Waals surface area contributed by atoms with Gasteiger partial charge < -0.3 is 52.1 Å². The van der Waals surface area contributed by atoms with Crippen molar-refractivity contribution < 1.29 is 90.5 Å². The molecule has 0 aromatic heterocycles. The number of hydrogen-bond acceptors (Lipinski definition) is 19. The van der Waals surface area contributed by atoms with Crippen LogP contribution in [0.15, 0.2) is 0 Å². The summed E-state index contributed by atoms with van der Waals surface area (Å²) in [7, 11) is 0. The van der Waals surface area contributed by atoms with E-state index in [1.807, 2.05) is 0 Å². The molecule has 2 aliphatic heterocycles. The van der Waals surface area contributed by atoms with E-state index in [-0.39, 0.29) is 0 Å². The van der Waals surface area contributed by atoms with Gasteiger partial charge in [-0.2, -0.15) is 0 Å². The van der Waals surface area contributed by atoms with Crippen LogP contribution in [0.4, 0.5) is 0 Å². The van der Waals surface area contributed by atoms with Gasteiger partial charge >= 0.3 is 47.8 Å². The van der Waals surface area contributed by atoms with Crippen LogP contribution in [0.1, 0.15) is 55.4 Å². The maximum Gasteiger partial charge on any atom is 0.305 e. The smallest absolute Gasteiger partial charge is 0.305 e. The number of hydrogen-bond donors (Lipinski definition) is 0. The predicted octanol–water partition coefficient (Wildman–Crippen LogP) is -0.831. The highest BCUT2D eigenvalue weighted by atomic mass is 16.8. The predicted molar refractivity (Wildman–Crippen MR) is 145 cm³/mol. The van der Waals surface area contributed by atoms with E-state index in [2.05, 4.69) is 0 Å². The second-order valence-corrected chi connectivity index (χ2v) is 10.3. The molecule has 0 bridgehead atoms. The van der Waals surface area contributed by atoms with Crippen molar-refractivity contribution in [1.29, 1.82) is 0 Å². The minimum atomic E-state index is -1.83. The second kappa shape index (κ2) is 17.5. The summed E-state index contributed by atoms with van der Waals surface area (Å²) < 4.78 is 60.2. The zero-order valence-corrected chi connectivity index (χ0v) is 26.9. The summed E-state index contributed by atoms with van der Waals surface area (Å²) in [5.74, 6) is -7.02. The first-order chi connectivity index (χ1) is 21.9. The lowest BCUT2D eigenvalue weighted by atomic mass is 9.96. The quantitative estimate of drug-likeness (QED) is 0.181. The number of carbonyl (C=O) groups excluding carboxylic acids is 8. The highest BCUT2D eigenvalue weighted by Crippen LogP contribution is 2.35. The van der Waals surface area contributed by atoms with Crippen molar-refractivity contribution in [2.24, 2.45) is 0 Å². The fraction of sp³-hybridized carbons (Fsp3) is 0.714. The average Bonchev–Trinajstić information content (AvgIpc) is 2.91. The molecule has 0 spiro atoms. The van der Waals surface area contributed by atoms with Crippen molar-refractivity contribution in [2.75, 3.05) is 13.2 Å². The van der Waals surface area contributed by atoms with Crippen molar-refractivity contribution >= 4 is 47.8 Å². The molecule has 0 unspecified atom stereocenters. The molecule has 2 rings (SSSR count). The zero-order chi connectivity index (χ0) is 35.6. The zero-order valence-electron chi connectivity index (χ0n) is 26.9. The van der Waals surface area contributed by atoms with Crippen LogP contribution in [0.2, 0.25) is 0 Å². The Balaban J connectivity index is 2.73. The summed E-state index contributed by atoms with van der Waals surface area (Å²) in [6.07, 6.45) is -16.3. The molecule has 0 N–H and O–H groups in total. The van der Waals surface area contributed by atoms with E-state index in [9.17, 15) is 38.4 Å². The molecule has 19 heteroatoms. The molecule has 2 saturated heterocycles. The molecule has 264 valence electrons. The maximum atomic E-state index is 12.3. The lowest BCUT2D eigenvalue weighted by Crippen LogP contribution is -2.67. The summed E-state index contributed by atoms with van der Waals surface area (Å²) in [4.78, 5) is 96.3. The number of rotatable bonds is 12. The highest BCUT2D eigenvalue weighted by molar-refractivity contribution is 5.70. The summed E-state index contributed by atoms with van der Waals surface area (Å²) in [5.41, 5.74) is 0. The molecule has 0 aromatic rings. The summed E-state index contributed by atoms with van der Waals surface area (Å²) in [6.45, 7) is 7.05. The Morgan fingerprint density at radius 3 is 1.11 bits per heavy atom. The molecule has 0 amide bonds. The van der Waals surface area contributed by atoms with E-state index in [0.717, 1.165) is 55.4 Å². The minimum absolute atomic E-state index is 0.590. The Morgan fingerprint density at radius 1 is 0.383 bits per heavy atom. The van der Waals surface area contributed by atoms with Crippen LogP contribution in [-0.4, -0.2) is 122 Å². The molecular weight excluding hydrogens is 640 g/mol. The van der Waals surface area contributed by atoms with Crippen molar-refractivity contribution in [3.8, 4) is 0 Å². The Kier molecular flexibility index (Phi) is 14.5. The summed E-state index contributed by atoms with van der Waals surface area (Å²) >= 11 is 0. The standard InChI is InChI=1S/C28H38O19/c1-11(29)37-9-19-21(39-13(3)31)23(40-14(4)32)26(43-17(7)35)28(46-19)47-22-20(10-38-12(2)30)45-27(44-18(8)36)25(42-16(6)34)24(22)41-15(5)33/h19-28H,9-10H2,1-8H3/t19-,20+,21+,22+,23+,24+,25+,26+,27-,28-/m0/s1. The Hall–Kier alpha value is -4.36. The van der Waals surface area contributed by atoms with E-state index in [1.54, 1.807) is 0 Å². The van der Waals surface area contributed by atoms with Gasteiger partial charge in [0, 0.05) is 55.4 Å². The van der Waals surface area contributed by atoms with E-state index in [4.69, 9.17) is 52.1 Å². The fourth-order valence-corrected chi connectivity index (χ4v) is 4.73. The van der Waals surface area contributed by atoms with Gasteiger partial charge in [0.2, 0.25) is 12.4 Å². The Bertz CT molecular complexity index is 1200. The molecular formula is C28H38O19. The van der Waals surface area contributed by atoms with Crippen molar-refractivity contribution in [3.63, 3.8) is 0 Å². The van der Waals surface area contributed by atoms with Gasteiger partial charge in [-0.25, -0.2) is 0 Å². The summed E-state index contributed by atoms with van der Waals surface area (Å²) in [5, 5.41) is 0. The minimum Gasteiger partial charge on any atom is -0.463 e. The molecule has 2 heterocycles. The van der Waals surface area contributed by atoms with Gasteiger partial charge in [0.05, 0.1) is 0 Å². The van der Waals surface area contributed by atoms with E-state index in [1.165, 1.54) is 0 Å². The van der Waals surface area contributed by atoms with Crippen LogP contribution >= 0.6 is 0 Å². The topological polar surface area (TPSA) is 238 Å². The van der Waals surface area contributed by atoms with Crippen molar-refractivity contribution in [2.45, 2.75) is 117 Å². The first-order valence-electron chi connectivity index (χ1n) is 14.2. The number of ether oxygens (including phenoxy) is 11. The van der Waals surface area contributed by atoms with Crippen LogP contribution in [0.25, 0.3) is 0 Å². The van der Waals surface area contributed by atoms with Gasteiger partial charge in [0.1, 0.15) is 31.5 Å². The molecule has 0 aliphatic carbocycles. The molecule has 0 aromatic carbocycles. The fourth-order valence-electron chi connectivity index (χ4n) is 4.73. The van der Waals surface area contributed by atoms with Crippen LogP contribution in [-0.2, 0) is 90.5 Å². The lowest BCUT2D eigenvalue weighted by molar-refractivity contribution is -0.357. The van der Waals surface area contributed by atoms with Gasteiger partial charge in [0.15, 0.2) is 30.7 Å².